The number of carboxylic acids is 1. The Morgan fingerprint density at radius 3 is 2.50 bits per heavy atom. The molecular weight excluding hydrogens is 340 g/mol. The summed E-state index contributed by atoms with van der Waals surface area (Å²) in [6, 6.07) is 6.85. The number of aromatic hydroxyl groups is 1. The Bertz CT molecular complexity index is 593. The summed E-state index contributed by atoms with van der Waals surface area (Å²) < 4.78 is 1.26. The number of halogens is 2. The predicted molar refractivity (Wildman–Crippen MR) is 68.0 cm³/mol. The highest BCUT2D eigenvalue weighted by Gasteiger charge is 2.17. The van der Waals surface area contributed by atoms with E-state index >= 15 is 0 Å². The summed E-state index contributed by atoms with van der Waals surface area (Å²) in [5.74, 6) is -1.40. The fraction of sp³-hybridized carbons (Fsp3) is 0. The molecule has 0 spiro atoms. The molecule has 0 saturated heterocycles. The minimum absolute atomic E-state index is 0.116. The van der Waals surface area contributed by atoms with Gasteiger partial charge in [-0.2, -0.15) is 0 Å². The highest BCUT2D eigenvalue weighted by atomic mass is 79.9. The lowest BCUT2D eigenvalue weighted by Crippen LogP contribution is -1.98. The van der Waals surface area contributed by atoms with E-state index in [0.29, 0.717) is 4.47 Å². The average Bonchev–Trinajstić information content (AvgIpc) is 2.15. The van der Waals surface area contributed by atoms with Crippen molar-refractivity contribution in [1.82, 2.24) is 0 Å². The molecule has 0 unspecified atom stereocenters. The van der Waals surface area contributed by atoms with Crippen LogP contribution in [0.5, 0.6) is 5.75 Å². The molecule has 0 aromatic heterocycles. The Balaban J connectivity index is 2.89. The van der Waals surface area contributed by atoms with Crippen LogP contribution in [-0.4, -0.2) is 16.2 Å². The first-order valence-corrected chi connectivity index (χ1v) is 5.93. The van der Waals surface area contributed by atoms with Crippen molar-refractivity contribution < 1.29 is 15.0 Å². The van der Waals surface area contributed by atoms with E-state index < -0.39 is 5.97 Å². The van der Waals surface area contributed by atoms with Gasteiger partial charge in [-0.05, 0) is 44.9 Å². The van der Waals surface area contributed by atoms with Crippen LogP contribution in [0.4, 0.5) is 0 Å². The first-order valence-electron chi connectivity index (χ1n) is 4.34. The van der Waals surface area contributed by atoms with Crippen LogP contribution in [0.2, 0.25) is 0 Å². The summed E-state index contributed by atoms with van der Waals surface area (Å²) in [6.07, 6.45) is 0. The van der Waals surface area contributed by atoms with Gasteiger partial charge in [0.05, 0.1) is 0 Å². The molecule has 2 N–H and O–H groups in total. The van der Waals surface area contributed by atoms with E-state index in [1.807, 2.05) is 12.1 Å². The standard InChI is InChI=1S/C11H6Br2O3/c12-6-1-2-7-5(3-6)4-8(14)9(10(7)13)11(15)16/h1-4,14H,(H,15,16). The van der Waals surface area contributed by atoms with Crippen molar-refractivity contribution in [2.75, 3.05) is 0 Å². The van der Waals surface area contributed by atoms with Crippen LogP contribution in [0, 0.1) is 0 Å². The summed E-state index contributed by atoms with van der Waals surface area (Å²) >= 11 is 6.52. The Morgan fingerprint density at radius 1 is 1.19 bits per heavy atom. The number of aromatic carboxylic acids is 1. The molecule has 82 valence electrons. The smallest absolute Gasteiger partial charge is 0.340 e. The van der Waals surface area contributed by atoms with Crippen molar-refractivity contribution in [3.8, 4) is 5.75 Å². The second kappa shape index (κ2) is 4.07. The number of carbonyl (C=O) groups is 1. The summed E-state index contributed by atoms with van der Waals surface area (Å²) in [7, 11) is 0. The third-order valence-corrected chi connectivity index (χ3v) is 3.55. The van der Waals surface area contributed by atoms with E-state index in [-0.39, 0.29) is 11.3 Å². The van der Waals surface area contributed by atoms with Crippen molar-refractivity contribution in [1.29, 1.82) is 0 Å². The van der Waals surface area contributed by atoms with Gasteiger partial charge in [-0.15, -0.1) is 0 Å². The lowest BCUT2D eigenvalue weighted by molar-refractivity contribution is 0.0693. The van der Waals surface area contributed by atoms with Crippen LogP contribution in [0.3, 0.4) is 0 Å². The molecular formula is C11H6Br2O3. The van der Waals surface area contributed by atoms with E-state index in [0.717, 1.165) is 15.2 Å². The number of fused-ring (bicyclic) bond motifs is 1. The maximum absolute atomic E-state index is 11.0. The van der Waals surface area contributed by atoms with Gasteiger partial charge in [0, 0.05) is 8.95 Å². The van der Waals surface area contributed by atoms with Crippen molar-refractivity contribution in [3.63, 3.8) is 0 Å². The number of carboxylic acid groups (broad SMARTS) is 1. The van der Waals surface area contributed by atoms with Gasteiger partial charge in [0.2, 0.25) is 0 Å². The van der Waals surface area contributed by atoms with Gasteiger partial charge in [-0.1, -0.05) is 22.0 Å². The molecule has 2 aromatic rings. The largest absolute Gasteiger partial charge is 0.507 e. The van der Waals surface area contributed by atoms with Crippen molar-refractivity contribution >= 4 is 48.6 Å². The zero-order valence-corrected chi connectivity index (χ0v) is 11.0. The maximum Gasteiger partial charge on any atom is 0.340 e. The van der Waals surface area contributed by atoms with Crippen LogP contribution >= 0.6 is 31.9 Å². The molecule has 0 bridgehead atoms. The molecule has 0 amide bonds. The molecule has 0 aliphatic rings. The van der Waals surface area contributed by atoms with Crippen LogP contribution in [0.15, 0.2) is 33.2 Å². The third kappa shape index (κ3) is 1.81. The first-order chi connectivity index (χ1) is 7.50. The lowest BCUT2D eigenvalue weighted by Gasteiger charge is -2.07. The van der Waals surface area contributed by atoms with Gasteiger partial charge in [-0.25, -0.2) is 4.79 Å². The second-order valence-corrected chi connectivity index (χ2v) is 4.96. The van der Waals surface area contributed by atoms with E-state index in [2.05, 4.69) is 31.9 Å². The van der Waals surface area contributed by atoms with Crippen LogP contribution in [0.1, 0.15) is 10.4 Å². The van der Waals surface area contributed by atoms with E-state index in [4.69, 9.17) is 5.11 Å². The molecule has 0 saturated carbocycles. The minimum atomic E-state index is -1.16. The lowest BCUT2D eigenvalue weighted by atomic mass is 10.1. The van der Waals surface area contributed by atoms with Crippen LogP contribution < -0.4 is 0 Å². The number of phenols is 1. The molecule has 0 heterocycles. The first kappa shape index (κ1) is 11.4. The number of hydrogen-bond donors (Lipinski definition) is 2. The highest BCUT2D eigenvalue weighted by molar-refractivity contribution is 9.11. The van der Waals surface area contributed by atoms with Crippen molar-refractivity contribution in [3.05, 3.63) is 38.8 Å². The molecule has 0 radical (unpaired) electrons. The zero-order chi connectivity index (χ0) is 11.9. The maximum atomic E-state index is 11.0. The van der Waals surface area contributed by atoms with Gasteiger partial charge >= 0.3 is 5.97 Å². The Morgan fingerprint density at radius 2 is 1.88 bits per heavy atom. The van der Waals surface area contributed by atoms with E-state index in [1.165, 1.54) is 6.07 Å². The summed E-state index contributed by atoms with van der Waals surface area (Å²) in [5, 5.41) is 20.1. The van der Waals surface area contributed by atoms with Crippen LogP contribution in [-0.2, 0) is 0 Å². The molecule has 5 heteroatoms. The predicted octanol–water partition coefficient (Wildman–Crippen LogP) is 3.77. The SMILES string of the molecule is O=C(O)c1c(O)cc2cc(Br)ccc2c1Br. The van der Waals surface area contributed by atoms with E-state index in [1.54, 1.807) is 6.07 Å². The molecule has 2 aromatic carbocycles. The Hall–Kier alpha value is -1.07. The molecule has 16 heavy (non-hydrogen) atoms. The molecule has 3 nitrogen and oxygen atoms in total. The number of hydrogen-bond acceptors (Lipinski definition) is 2. The number of rotatable bonds is 1. The quantitative estimate of drug-likeness (QED) is 0.827. The van der Waals surface area contributed by atoms with Crippen molar-refractivity contribution in [2.24, 2.45) is 0 Å². The molecule has 0 atom stereocenters. The Labute approximate surface area is 108 Å². The zero-order valence-electron chi connectivity index (χ0n) is 7.87. The fourth-order valence-corrected chi connectivity index (χ4v) is 2.64. The summed E-state index contributed by atoms with van der Waals surface area (Å²) in [5.41, 5.74) is -0.116. The number of benzene rings is 2. The van der Waals surface area contributed by atoms with Gasteiger partial charge in [0.25, 0.3) is 0 Å². The summed E-state index contributed by atoms with van der Waals surface area (Å²) in [4.78, 5) is 11.0. The normalized spacial score (nSPS) is 10.6. The molecule has 0 aliphatic carbocycles. The molecule has 0 aliphatic heterocycles. The topological polar surface area (TPSA) is 57.5 Å². The third-order valence-electron chi connectivity index (χ3n) is 2.23. The van der Waals surface area contributed by atoms with Gasteiger partial charge in [0.1, 0.15) is 11.3 Å². The average molecular weight is 346 g/mol. The van der Waals surface area contributed by atoms with Gasteiger partial charge in [0.15, 0.2) is 0 Å². The molecule has 2 rings (SSSR count). The van der Waals surface area contributed by atoms with Gasteiger partial charge < -0.3 is 10.2 Å². The molecule has 0 fully saturated rings. The van der Waals surface area contributed by atoms with Gasteiger partial charge in [-0.3, -0.25) is 0 Å². The van der Waals surface area contributed by atoms with E-state index in [9.17, 15) is 9.90 Å². The van der Waals surface area contributed by atoms with Crippen molar-refractivity contribution in [2.45, 2.75) is 0 Å². The fourth-order valence-electron chi connectivity index (χ4n) is 1.52. The second-order valence-electron chi connectivity index (χ2n) is 3.26. The highest BCUT2D eigenvalue weighted by Crippen LogP contribution is 2.35. The monoisotopic (exact) mass is 344 g/mol. The van der Waals surface area contributed by atoms with Crippen LogP contribution in [0.25, 0.3) is 10.8 Å². The summed E-state index contributed by atoms with van der Waals surface area (Å²) in [6.45, 7) is 0. The minimum Gasteiger partial charge on any atom is -0.507 e. The Kier molecular flexibility index (Phi) is 2.90.